The zero-order valence-electron chi connectivity index (χ0n) is 27.0. The lowest BCUT2D eigenvalue weighted by atomic mass is 9.95. The summed E-state index contributed by atoms with van der Waals surface area (Å²) in [7, 11) is 0. The number of para-hydroxylation sites is 2. The normalized spacial score (nSPS) is 13.1. The van der Waals surface area contributed by atoms with Gasteiger partial charge in [0.05, 0.1) is 0 Å². The van der Waals surface area contributed by atoms with Gasteiger partial charge in [0.1, 0.15) is 22.3 Å². The summed E-state index contributed by atoms with van der Waals surface area (Å²) < 4.78 is 12.8. The number of aromatic nitrogens is 3. The summed E-state index contributed by atoms with van der Waals surface area (Å²) in [6, 6.07) is 45.6. The van der Waals surface area contributed by atoms with Crippen molar-refractivity contribution in [1.29, 1.82) is 0 Å². The Morgan fingerprint density at radius 2 is 1.04 bits per heavy atom. The Labute approximate surface area is 287 Å². The van der Waals surface area contributed by atoms with Gasteiger partial charge in [0.25, 0.3) is 0 Å². The number of allylic oxidation sites excluding steroid dienone is 4. The highest BCUT2D eigenvalue weighted by Crippen LogP contribution is 2.40. The number of hydrogen-bond donors (Lipinski definition) is 0. The van der Waals surface area contributed by atoms with Crippen molar-refractivity contribution in [3.63, 3.8) is 0 Å². The summed E-state index contributed by atoms with van der Waals surface area (Å²) in [5.41, 5.74) is 10.5. The van der Waals surface area contributed by atoms with E-state index >= 15 is 0 Å². The molecule has 0 bridgehead atoms. The molecule has 5 nitrogen and oxygen atoms in total. The summed E-state index contributed by atoms with van der Waals surface area (Å²) in [4.78, 5) is 15.4. The van der Waals surface area contributed by atoms with Crippen LogP contribution < -0.4 is 0 Å². The molecule has 1 aliphatic rings. The van der Waals surface area contributed by atoms with E-state index in [1.807, 2.05) is 72.8 Å². The molecule has 50 heavy (non-hydrogen) atoms. The van der Waals surface area contributed by atoms with Crippen LogP contribution in [-0.4, -0.2) is 15.0 Å². The maximum Gasteiger partial charge on any atom is 0.164 e. The van der Waals surface area contributed by atoms with Gasteiger partial charge in [-0.25, -0.2) is 15.0 Å². The molecule has 236 valence electrons. The maximum absolute atomic E-state index is 6.50. The first-order valence-electron chi connectivity index (χ1n) is 16.9. The van der Waals surface area contributed by atoms with Gasteiger partial charge in [0, 0.05) is 38.2 Å². The number of nitrogens with zero attached hydrogens (tertiary/aromatic N) is 3. The molecule has 3 heterocycles. The van der Waals surface area contributed by atoms with Crippen LogP contribution in [-0.2, 0) is 0 Å². The lowest BCUT2D eigenvalue weighted by molar-refractivity contribution is 0.668. The fraction of sp³-hybridized carbons (Fsp3) is 0.0444. The van der Waals surface area contributed by atoms with Crippen LogP contribution >= 0.6 is 0 Å². The summed E-state index contributed by atoms with van der Waals surface area (Å²) in [6.07, 6.45) is 8.94. The van der Waals surface area contributed by atoms with E-state index < -0.39 is 0 Å². The lowest BCUT2D eigenvalue weighted by Crippen LogP contribution is -2.00. The van der Waals surface area contributed by atoms with Crippen molar-refractivity contribution in [2.24, 2.45) is 0 Å². The van der Waals surface area contributed by atoms with Crippen LogP contribution in [0.3, 0.4) is 0 Å². The van der Waals surface area contributed by atoms with Crippen molar-refractivity contribution in [1.82, 2.24) is 15.0 Å². The van der Waals surface area contributed by atoms with Crippen LogP contribution in [0.4, 0.5) is 0 Å². The number of hydrogen-bond acceptors (Lipinski definition) is 5. The Bertz CT molecular complexity index is 2810. The van der Waals surface area contributed by atoms with Gasteiger partial charge in [-0.3, -0.25) is 0 Å². The summed E-state index contributed by atoms with van der Waals surface area (Å²) >= 11 is 0. The molecule has 0 saturated heterocycles. The second kappa shape index (κ2) is 11.5. The molecular formula is C45H29N3O2. The van der Waals surface area contributed by atoms with Crippen LogP contribution in [0.25, 0.3) is 94.7 Å². The smallest absolute Gasteiger partial charge is 0.164 e. The van der Waals surface area contributed by atoms with E-state index in [4.69, 9.17) is 23.8 Å². The van der Waals surface area contributed by atoms with Crippen molar-refractivity contribution in [3.05, 3.63) is 157 Å². The zero-order valence-corrected chi connectivity index (χ0v) is 27.0. The first-order valence-corrected chi connectivity index (χ1v) is 16.9. The van der Waals surface area contributed by atoms with Crippen molar-refractivity contribution < 1.29 is 8.83 Å². The summed E-state index contributed by atoms with van der Waals surface area (Å²) in [5, 5.41) is 4.13. The predicted octanol–water partition coefficient (Wildman–Crippen LogP) is 12.1. The zero-order chi connectivity index (χ0) is 33.0. The molecule has 5 heteroatoms. The van der Waals surface area contributed by atoms with E-state index in [2.05, 4.69) is 78.9 Å². The van der Waals surface area contributed by atoms with E-state index in [0.717, 1.165) is 84.5 Å². The third-order valence-electron chi connectivity index (χ3n) is 9.57. The monoisotopic (exact) mass is 643 g/mol. The average Bonchev–Trinajstić information content (AvgIpc) is 3.76. The standard InChI is InChI=1S/C45H29N3O2/c1-3-11-28(12-4-1)29-19-21-30(22-20-29)33-25-37(42-36-16-8-10-18-39(36)50-41(42)27-33)45-47-43(31-13-5-2-6-14-31)46-44(48-45)32-23-24-35-34-15-7-9-17-38(34)49-40(35)26-32/h2-3,5-27H,1,4H2. The van der Waals surface area contributed by atoms with Crippen molar-refractivity contribution in [2.45, 2.75) is 12.8 Å². The quantitative estimate of drug-likeness (QED) is 0.187. The highest BCUT2D eigenvalue weighted by molar-refractivity contribution is 6.13. The topological polar surface area (TPSA) is 65.0 Å². The number of furan rings is 2. The molecule has 10 rings (SSSR count). The van der Waals surface area contributed by atoms with E-state index in [1.54, 1.807) is 0 Å². The largest absolute Gasteiger partial charge is 0.456 e. The van der Waals surface area contributed by atoms with E-state index in [-0.39, 0.29) is 0 Å². The van der Waals surface area contributed by atoms with Gasteiger partial charge in [-0.1, -0.05) is 115 Å². The van der Waals surface area contributed by atoms with Gasteiger partial charge in [-0.2, -0.15) is 0 Å². The van der Waals surface area contributed by atoms with Crippen molar-refractivity contribution >= 4 is 49.5 Å². The molecule has 0 fully saturated rings. The molecule has 0 amide bonds. The van der Waals surface area contributed by atoms with Crippen LogP contribution in [0.2, 0.25) is 0 Å². The molecular weight excluding hydrogens is 615 g/mol. The molecule has 0 radical (unpaired) electrons. The fourth-order valence-corrected chi connectivity index (χ4v) is 7.09. The van der Waals surface area contributed by atoms with Gasteiger partial charge in [0.15, 0.2) is 17.5 Å². The Kier molecular flexibility index (Phi) is 6.56. The first-order chi connectivity index (χ1) is 24.7. The van der Waals surface area contributed by atoms with Gasteiger partial charge < -0.3 is 8.83 Å². The Morgan fingerprint density at radius 1 is 0.420 bits per heavy atom. The van der Waals surface area contributed by atoms with Crippen LogP contribution in [0, 0.1) is 0 Å². The minimum absolute atomic E-state index is 0.570. The van der Waals surface area contributed by atoms with Gasteiger partial charge in [0.2, 0.25) is 0 Å². The minimum atomic E-state index is 0.570. The maximum atomic E-state index is 6.50. The summed E-state index contributed by atoms with van der Waals surface area (Å²) in [5.74, 6) is 1.74. The van der Waals surface area contributed by atoms with Crippen LogP contribution in [0.15, 0.2) is 161 Å². The first kappa shape index (κ1) is 28.4. The van der Waals surface area contributed by atoms with Crippen molar-refractivity contribution in [2.75, 3.05) is 0 Å². The van der Waals surface area contributed by atoms with Crippen molar-refractivity contribution in [3.8, 4) is 45.3 Å². The van der Waals surface area contributed by atoms with Gasteiger partial charge in [-0.05, 0) is 71.5 Å². The fourth-order valence-electron chi connectivity index (χ4n) is 7.09. The van der Waals surface area contributed by atoms with E-state index in [9.17, 15) is 0 Å². The molecule has 3 aromatic heterocycles. The molecule has 0 atom stereocenters. The highest BCUT2D eigenvalue weighted by atomic mass is 16.3. The van der Waals surface area contributed by atoms with Crippen LogP contribution in [0.5, 0.6) is 0 Å². The van der Waals surface area contributed by atoms with E-state index in [0.29, 0.717) is 17.5 Å². The second-order valence-corrected chi connectivity index (χ2v) is 12.7. The molecule has 6 aromatic carbocycles. The third kappa shape index (κ3) is 4.82. The molecule has 0 aliphatic heterocycles. The number of benzene rings is 6. The predicted molar refractivity (Wildman–Crippen MR) is 202 cm³/mol. The number of rotatable bonds is 5. The molecule has 9 aromatic rings. The van der Waals surface area contributed by atoms with E-state index in [1.165, 1.54) is 11.1 Å². The Balaban J connectivity index is 1.19. The Hall–Kier alpha value is -6.59. The third-order valence-corrected chi connectivity index (χ3v) is 9.57. The molecule has 1 aliphatic carbocycles. The average molecular weight is 644 g/mol. The van der Waals surface area contributed by atoms with Gasteiger partial charge in [-0.15, -0.1) is 0 Å². The highest BCUT2D eigenvalue weighted by Gasteiger charge is 2.20. The van der Waals surface area contributed by atoms with Gasteiger partial charge >= 0.3 is 0 Å². The summed E-state index contributed by atoms with van der Waals surface area (Å²) in [6.45, 7) is 0. The molecule has 0 N–H and O–H groups in total. The molecule has 0 unspecified atom stereocenters. The van der Waals surface area contributed by atoms with Crippen LogP contribution in [0.1, 0.15) is 18.4 Å². The molecule has 0 spiro atoms. The Morgan fingerprint density at radius 3 is 1.84 bits per heavy atom. The second-order valence-electron chi connectivity index (χ2n) is 12.7. The minimum Gasteiger partial charge on any atom is -0.456 e. The number of fused-ring (bicyclic) bond motifs is 6. The molecule has 0 saturated carbocycles. The lowest BCUT2D eigenvalue weighted by Gasteiger charge is -2.12. The SMILES string of the molecule is C1=CC(c2ccc(-c3cc(-c4nc(-c5ccccc5)nc(-c5ccc6c(c5)oc5ccccc56)n4)c4c(c3)oc3ccccc34)cc2)=CCC1.